The number of likely N-dealkylation sites (tertiary alicyclic amines) is 1. The fraction of sp³-hybridized carbons (Fsp3) is 0.600. The molecule has 0 bridgehead atoms. The van der Waals surface area contributed by atoms with Gasteiger partial charge in [0.1, 0.15) is 0 Å². The number of hydrogen-bond acceptors (Lipinski definition) is 3. The van der Waals surface area contributed by atoms with Crippen molar-refractivity contribution < 1.29 is 14.7 Å². The Kier molecular flexibility index (Phi) is 4.30. The van der Waals surface area contributed by atoms with Crippen molar-refractivity contribution >= 4 is 11.9 Å². The summed E-state index contributed by atoms with van der Waals surface area (Å²) in [5, 5.41) is 8.63. The molecule has 5 heteroatoms. The van der Waals surface area contributed by atoms with E-state index in [9.17, 15) is 9.59 Å². The van der Waals surface area contributed by atoms with Gasteiger partial charge in [0.25, 0.3) is 0 Å². The van der Waals surface area contributed by atoms with E-state index in [1.54, 1.807) is 15.9 Å². The van der Waals surface area contributed by atoms with Crippen LogP contribution in [0.15, 0.2) is 12.7 Å². The zero-order chi connectivity index (χ0) is 11.3. The maximum Gasteiger partial charge on any atom is 0.317 e. The van der Waals surface area contributed by atoms with Crippen molar-refractivity contribution in [2.75, 3.05) is 32.7 Å². The van der Waals surface area contributed by atoms with Gasteiger partial charge in [0, 0.05) is 19.6 Å². The van der Waals surface area contributed by atoms with Crippen LogP contribution in [-0.4, -0.2) is 59.5 Å². The average molecular weight is 212 g/mol. The molecule has 5 nitrogen and oxygen atoms in total. The minimum Gasteiger partial charge on any atom is -0.480 e. The Morgan fingerprint density at radius 3 is 2.47 bits per heavy atom. The van der Waals surface area contributed by atoms with E-state index in [2.05, 4.69) is 6.58 Å². The second kappa shape index (κ2) is 5.50. The minimum atomic E-state index is -0.923. The Morgan fingerprint density at radius 1 is 1.40 bits per heavy atom. The molecule has 1 N–H and O–H groups in total. The van der Waals surface area contributed by atoms with Crippen LogP contribution in [0.3, 0.4) is 0 Å². The van der Waals surface area contributed by atoms with E-state index in [1.165, 1.54) is 0 Å². The Labute approximate surface area is 89.0 Å². The summed E-state index contributed by atoms with van der Waals surface area (Å²) in [6.07, 6.45) is 2.65. The molecule has 0 saturated carbocycles. The SMILES string of the molecule is C=CCN(CC(=O)O)CC(=O)N1CCC1. The molecule has 0 atom stereocenters. The fourth-order valence-electron chi connectivity index (χ4n) is 1.42. The first kappa shape index (κ1) is 11.7. The third kappa shape index (κ3) is 3.71. The molecule has 15 heavy (non-hydrogen) atoms. The van der Waals surface area contributed by atoms with Crippen LogP contribution in [-0.2, 0) is 9.59 Å². The van der Waals surface area contributed by atoms with Gasteiger partial charge in [-0.3, -0.25) is 14.5 Å². The number of aliphatic carboxylic acids is 1. The number of carboxylic acids is 1. The maximum atomic E-state index is 11.5. The summed E-state index contributed by atoms with van der Waals surface area (Å²) in [6.45, 7) is 5.60. The second-order valence-corrected chi connectivity index (χ2v) is 3.59. The van der Waals surface area contributed by atoms with Crippen LogP contribution in [0.5, 0.6) is 0 Å². The number of carbonyl (C=O) groups excluding carboxylic acids is 1. The summed E-state index contributed by atoms with van der Waals surface area (Å²) in [6, 6.07) is 0. The minimum absolute atomic E-state index is 0.00403. The van der Waals surface area contributed by atoms with Gasteiger partial charge in [-0.25, -0.2) is 0 Å². The quantitative estimate of drug-likeness (QED) is 0.619. The lowest BCUT2D eigenvalue weighted by molar-refractivity contribution is -0.140. The lowest BCUT2D eigenvalue weighted by atomic mass is 10.2. The van der Waals surface area contributed by atoms with Gasteiger partial charge in [0.15, 0.2) is 0 Å². The lowest BCUT2D eigenvalue weighted by Crippen LogP contribution is -2.48. The van der Waals surface area contributed by atoms with E-state index in [0.29, 0.717) is 6.54 Å². The topological polar surface area (TPSA) is 60.9 Å². The third-order valence-electron chi connectivity index (χ3n) is 2.31. The molecule has 0 aromatic heterocycles. The van der Waals surface area contributed by atoms with Gasteiger partial charge in [-0.15, -0.1) is 6.58 Å². The van der Waals surface area contributed by atoms with Crippen LogP contribution >= 0.6 is 0 Å². The number of nitrogens with zero attached hydrogens (tertiary/aromatic N) is 2. The third-order valence-corrected chi connectivity index (χ3v) is 2.31. The highest BCUT2D eigenvalue weighted by Gasteiger charge is 2.22. The van der Waals surface area contributed by atoms with Crippen LogP contribution in [0.4, 0.5) is 0 Å². The summed E-state index contributed by atoms with van der Waals surface area (Å²) in [7, 11) is 0. The van der Waals surface area contributed by atoms with Crippen LogP contribution in [0.25, 0.3) is 0 Å². The predicted molar refractivity (Wildman–Crippen MR) is 55.5 cm³/mol. The lowest BCUT2D eigenvalue weighted by Gasteiger charge is -2.32. The first-order valence-corrected chi connectivity index (χ1v) is 4.96. The predicted octanol–water partition coefficient (Wildman–Crippen LogP) is -0.209. The molecule has 0 radical (unpaired) electrons. The van der Waals surface area contributed by atoms with Gasteiger partial charge >= 0.3 is 5.97 Å². The molecule has 1 fully saturated rings. The second-order valence-electron chi connectivity index (χ2n) is 3.59. The smallest absolute Gasteiger partial charge is 0.317 e. The standard InChI is InChI=1S/C10H16N2O3/c1-2-4-11(8-10(14)15)7-9(13)12-5-3-6-12/h2H,1,3-8H2,(H,14,15). The molecule has 84 valence electrons. The van der Waals surface area contributed by atoms with E-state index >= 15 is 0 Å². The van der Waals surface area contributed by atoms with Crippen LogP contribution in [0.2, 0.25) is 0 Å². The molecule has 1 heterocycles. The van der Waals surface area contributed by atoms with E-state index < -0.39 is 5.97 Å². The zero-order valence-electron chi connectivity index (χ0n) is 8.69. The monoisotopic (exact) mass is 212 g/mol. The summed E-state index contributed by atoms with van der Waals surface area (Å²) in [5.74, 6) is -0.919. The summed E-state index contributed by atoms with van der Waals surface area (Å²) in [5.41, 5.74) is 0. The number of amides is 1. The fourth-order valence-corrected chi connectivity index (χ4v) is 1.42. The molecule has 1 amide bonds. The molecule has 1 aliphatic rings. The van der Waals surface area contributed by atoms with Crippen molar-refractivity contribution in [1.82, 2.24) is 9.80 Å². The molecule has 0 spiro atoms. The zero-order valence-corrected chi connectivity index (χ0v) is 8.69. The van der Waals surface area contributed by atoms with E-state index in [-0.39, 0.29) is 19.0 Å². The van der Waals surface area contributed by atoms with E-state index in [0.717, 1.165) is 19.5 Å². The Balaban J connectivity index is 2.37. The molecule has 1 aliphatic heterocycles. The van der Waals surface area contributed by atoms with Gasteiger partial charge in [0.05, 0.1) is 13.1 Å². The van der Waals surface area contributed by atoms with Crippen LogP contribution in [0.1, 0.15) is 6.42 Å². The Bertz CT molecular complexity index is 261. The molecule has 0 unspecified atom stereocenters. The van der Waals surface area contributed by atoms with Crippen molar-refractivity contribution in [3.05, 3.63) is 12.7 Å². The number of hydrogen-bond donors (Lipinski definition) is 1. The van der Waals surface area contributed by atoms with E-state index in [4.69, 9.17) is 5.11 Å². The summed E-state index contributed by atoms with van der Waals surface area (Å²) < 4.78 is 0. The first-order valence-electron chi connectivity index (χ1n) is 4.96. The number of carbonyl (C=O) groups is 2. The Morgan fingerprint density at radius 2 is 2.07 bits per heavy atom. The number of carboxylic acid groups (broad SMARTS) is 1. The highest BCUT2D eigenvalue weighted by atomic mass is 16.4. The summed E-state index contributed by atoms with van der Waals surface area (Å²) >= 11 is 0. The van der Waals surface area contributed by atoms with Gasteiger partial charge in [-0.1, -0.05) is 6.08 Å². The normalized spacial score (nSPS) is 14.9. The molecule has 1 saturated heterocycles. The van der Waals surface area contributed by atoms with Gasteiger partial charge in [-0.2, -0.15) is 0 Å². The van der Waals surface area contributed by atoms with Crippen molar-refractivity contribution in [3.63, 3.8) is 0 Å². The maximum absolute atomic E-state index is 11.5. The van der Waals surface area contributed by atoms with E-state index in [1.807, 2.05) is 0 Å². The van der Waals surface area contributed by atoms with Crippen molar-refractivity contribution in [2.45, 2.75) is 6.42 Å². The first-order chi connectivity index (χ1) is 7.13. The molecule has 1 rings (SSSR count). The highest BCUT2D eigenvalue weighted by Crippen LogP contribution is 2.06. The van der Waals surface area contributed by atoms with Gasteiger partial charge in [0.2, 0.25) is 5.91 Å². The van der Waals surface area contributed by atoms with Crippen molar-refractivity contribution in [2.24, 2.45) is 0 Å². The highest BCUT2D eigenvalue weighted by molar-refractivity contribution is 5.79. The molecule has 0 aromatic carbocycles. The van der Waals surface area contributed by atoms with Crippen molar-refractivity contribution in [3.8, 4) is 0 Å². The summed E-state index contributed by atoms with van der Waals surface area (Å²) in [4.78, 5) is 25.4. The Hall–Kier alpha value is -1.36. The number of rotatable bonds is 6. The van der Waals surface area contributed by atoms with Gasteiger partial charge in [-0.05, 0) is 6.42 Å². The van der Waals surface area contributed by atoms with Crippen LogP contribution in [0, 0.1) is 0 Å². The van der Waals surface area contributed by atoms with Crippen LogP contribution < -0.4 is 0 Å². The molecular formula is C10H16N2O3. The largest absolute Gasteiger partial charge is 0.480 e. The van der Waals surface area contributed by atoms with Gasteiger partial charge < -0.3 is 10.0 Å². The average Bonchev–Trinajstić information content (AvgIpc) is 1.98. The molecule has 0 aliphatic carbocycles. The van der Waals surface area contributed by atoms with Crippen molar-refractivity contribution in [1.29, 1.82) is 0 Å². The molecular weight excluding hydrogens is 196 g/mol. The molecule has 0 aromatic rings.